The number of hydrogen-bond donors (Lipinski definition) is 0. The highest BCUT2D eigenvalue weighted by Crippen LogP contribution is 2.34. The van der Waals surface area contributed by atoms with Crippen molar-refractivity contribution in [1.29, 1.82) is 0 Å². The van der Waals surface area contributed by atoms with Gasteiger partial charge < -0.3 is 14.2 Å². The first kappa shape index (κ1) is 18.2. The summed E-state index contributed by atoms with van der Waals surface area (Å²) in [6.45, 7) is 2.11. The SMILES string of the molecule is Cc1ccc(OCc2cc(C(=O)N(C)[C@H]3CCCc4ccccc43)no2)cn1. The van der Waals surface area contributed by atoms with E-state index in [0.717, 1.165) is 25.0 Å². The predicted molar refractivity (Wildman–Crippen MR) is 104 cm³/mol. The average molecular weight is 377 g/mol. The van der Waals surface area contributed by atoms with Gasteiger partial charge in [0.2, 0.25) is 0 Å². The molecule has 0 spiro atoms. The van der Waals surface area contributed by atoms with Gasteiger partial charge in [0, 0.05) is 18.8 Å². The summed E-state index contributed by atoms with van der Waals surface area (Å²) < 4.78 is 10.9. The molecule has 0 bridgehead atoms. The Kier molecular flexibility index (Phi) is 5.10. The Morgan fingerprint density at radius 3 is 2.96 bits per heavy atom. The van der Waals surface area contributed by atoms with Gasteiger partial charge in [-0.15, -0.1) is 0 Å². The summed E-state index contributed by atoms with van der Waals surface area (Å²) in [6.07, 6.45) is 4.75. The summed E-state index contributed by atoms with van der Waals surface area (Å²) in [6, 6.07) is 13.8. The van der Waals surface area contributed by atoms with Gasteiger partial charge in [0.15, 0.2) is 11.5 Å². The second-order valence-corrected chi connectivity index (χ2v) is 7.13. The van der Waals surface area contributed by atoms with Crippen molar-refractivity contribution in [2.75, 3.05) is 7.05 Å². The number of benzene rings is 1. The van der Waals surface area contributed by atoms with Crippen molar-refractivity contribution in [1.82, 2.24) is 15.0 Å². The normalized spacial score (nSPS) is 15.7. The largest absolute Gasteiger partial charge is 0.484 e. The van der Waals surface area contributed by atoms with Crippen LogP contribution in [0.4, 0.5) is 0 Å². The molecule has 1 aromatic carbocycles. The van der Waals surface area contributed by atoms with E-state index in [1.807, 2.05) is 32.2 Å². The van der Waals surface area contributed by atoms with E-state index < -0.39 is 0 Å². The molecule has 0 saturated carbocycles. The third kappa shape index (κ3) is 3.76. The zero-order chi connectivity index (χ0) is 19.5. The summed E-state index contributed by atoms with van der Waals surface area (Å²) in [5.74, 6) is 1.00. The molecular weight excluding hydrogens is 354 g/mol. The summed E-state index contributed by atoms with van der Waals surface area (Å²) in [5.41, 5.74) is 3.77. The van der Waals surface area contributed by atoms with Gasteiger partial charge in [0.05, 0.1) is 12.2 Å². The smallest absolute Gasteiger partial charge is 0.276 e. The molecule has 1 aliphatic carbocycles. The molecule has 0 saturated heterocycles. The minimum Gasteiger partial charge on any atom is -0.484 e. The Morgan fingerprint density at radius 1 is 1.29 bits per heavy atom. The molecule has 144 valence electrons. The molecular formula is C22H23N3O3. The highest BCUT2D eigenvalue weighted by molar-refractivity contribution is 5.92. The first-order valence-electron chi connectivity index (χ1n) is 9.48. The second kappa shape index (κ2) is 7.84. The molecule has 0 aliphatic heterocycles. The van der Waals surface area contributed by atoms with E-state index in [0.29, 0.717) is 17.2 Å². The summed E-state index contributed by atoms with van der Waals surface area (Å²) in [7, 11) is 1.83. The predicted octanol–water partition coefficient (Wildman–Crippen LogP) is 4.11. The minimum absolute atomic E-state index is 0.0625. The molecule has 4 rings (SSSR count). The van der Waals surface area contributed by atoms with Gasteiger partial charge in [-0.05, 0) is 49.4 Å². The fraction of sp³-hybridized carbons (Fsp3) is 0.318. The van der Waals surface area contributed by atoms with Crippen molar-refractivity contribution in [3.8, 4) is 5.75 Å². The van der Waals surface area contributed by atoms with Crippen LogP contribution < -0.4 is 4.74 Å². The zero-order valence-corrected chi connectivity index (χ0v) is 16.1. The zero-order valence-electron chi connectivity index (χ0n) is 16.1. The number of aryl methyl sites for hydroxylation is 2. The number of rotatable bonds is 5. The number of hydrogen-bond acceptors (Lipinski definition) is 5. The van der Waals surface area contributed by atoms with E-state index in [1.165, 1.54) is 11.1 Å². The van der Waals surface area contributed by atoms with Crippen molar-refractivity contribution >= 4 is 5.91 Å². The maximum atomic E-state index is 12.9. The van der Waals surface area contributed by atoms with Crippen LogP contribution >= 0.6 is 0 Å². The molecule has 0 N–H and O–H groups in total. The van der Waals surface area contributed by atoms with Crippen LogP contribution in [0.1, 0.15) is 52.0 Å². The fourth-order valence-corrected chi connectivity index (χ4v) is 3.63. The lowest BCUT2D eigenvalue weighted by atomic mass is 9.87. The van der Waals surface area contributed by atoms with Gasteiger partial charge >= 0.3 is 0 Å². The molecule has 2 heterocycles. The van der Waals surface area contributed by atoms with Crippen LogP contribution in [-0.4, -0.2) is 28.0 Å². The van der Waals surface area contributed by atoms with E-state index in [9.17, 15) is 4.79 Å². The average Bonchev–Trinajstić information content (AvgIpc) is 3.21. The number of pyridine rings is 1. The first-order chi connectivity index (χ1) is 13.6. The van der Waals surface area contributed by atoms with E-state index in [2.05, 4.69) is 28.3 Å². The van der Waals surface area contributed by atoms with Gasteiger partial charge in [-0.25, -0.2) is 0 Å². The number of nitrogens with zero attached hydrogens (tertiary/aromatic N) is 3. The molecule has 1 amide bonds. The Bertz CT molecular complexity index is 965. The van der Waals surface area contributed by atoms with E-state index in [1.54, 1.807) is 17.2 Å². The molecule has 2 aromatic heterocycles. The number of aromatic nitrogens is 2. The molecule has 3 aromatic rings. The summed E-state index contributed by atoms with van der Waals surface area (Å²) in [5, 5.41) is 3.95. The van der Waals surface area contributed by atoms with Gasteiger partial charge in [0.25, 0.3) is 5.91 Å². The van der Waals surface area contributed by atoms with Gasteiger partial charge in [0.1, 0.15) is 12.4 Å². The minimum atomic E-state index is -0.145. The van der Waals surface area contributed by atoms with Crippen LogP contribution in [0.15, 0.2) is 53.2 Å². The Morgan fingerprint density at radius 2 is 2.14 bits per heavy atom. The van der Waals surface area contributed by atoms with Gasteiger partial charge in [-0.2, -0.15) is 0 Å². The van der Waals surface area contributed by atoms with Crippen molar-refractivity contribution in [3.05, 3.63) is 76.9 Å². The lowest BCUT2D eigenvalue weighted by Crippen LogP contribution is -2.33. The molecule has 1 atom stereocenters. The Labute approximate surface area is 164 Å². The number of amides is 1. The van der Waals surface area contributed by atoms with Crippen LogP contribution in [0.25, 0.3) is 0 Å². The Balaban J connectivity index is 1.43. The number of fused-ring (bicyclic) bond motifs is 1. The van der Waals surface area contributed by atoms with Crippen molar-refractivity contribution in [2.45, 2.75) is 38.8 Å². The monoisotopic (exact) mass is 377 g/mol. The van der Waals surface area contributed by atoms with E-state index >= 15 is 0 Å². The highest BCUT2D eigenvalue weighted by Gasteiger charge is 2.28. The number of carbonyl (C=O) groups is 1. The van der Waals surface area contributed by atoms with Crippen LogP contribution in [0.3, 0.4) is 0 Å². The lowest BCUT2D eigenvalue weighted by Gasteiger charge is -2.32. The van der Waals surface area contributed by atoms with Crippen LogP contribution in [-0.2, 0) is 13.0 Å². The molecule has 6 nitrogen and oxygen atoms in total. The molecule has 1 aliphatic rings. The Hall–Kier alpha value is -3.15. The maximum absolute atomic E-state index is 12.9. The second-order valence-electron chi connectivity index (χ2n) is 7.13. The van der Waals surface area contributed by atoms with E-state index in [4.69, 9.17) is 9.26 Å². The standard InChI is InChI=1S/C22H23N3O3/c1-15-10-11-17(13-23-15)27-14-18-12-20(24-28-18)22(26)25(2)21-9-5-7-16-6-3-4-8-19(16)21/h3-4,6,8,10-13,21H,5,7,9,14H2,1-2H3/t21-/m0/s1. The van der Waals surface area contributed by atoms with Crippen LogP contribution in [0, 0.1) is 6.92 Å². The number of ether oxygens (including phenoxy) is 1. The third-order valence-electron chi connectivity index (χ3n) is 5.17. The molecule has 6 heteroatoms. The van der Waals surface area contributed by atoms with Crippen molar-refractivity contribution in [3.63, 3.8) is 0 Å². The summed E-state index contributed by atoms with van der Waals surface area (Å²) >= 11 is 0. The first-order valence-corrected chi connectivity index (χ1v) is 9.48. The van der Waals surface area contributed by atoms with Crippen molar-refractivity contribution < 1.29 is 14.1 Å². The van der Waals surface area contributed by atoms with Gasteiger partial charge in [-0.3, -0.25) is 9.78 Å². The quantitative estimate of drug-likeness (QED) is 0.669. The van der Waals surface area contributed by atoms with Crippen LogP contribution in [0.5, 0.6) is 5.75 Å². The number of carbonyl (C=O) groups excluding carboxylic acids is 1. The molecule has 0 fully saturated rings. The maximum Gasteiger partial charge on any atom is 0.276 e. The molecule has 28 heavy (non-hydrogen) atoms. The molecule has 0 unspecified atom stereocenters. The van der Waals surface area contributed by atoms with Crippen LogP contribution in [0.2, 0.25) is 0 Å². The topological polar surface area (TPSA) is 68.5 Å². The van der Waals surface area contributed by atoms with Gasteiger partial charge in [-0.1, -0.05) is 29.4 Å². The molecule has 0 radical (unpaired) electrons. The van der Waals surface area contributed by atoms with Crippen molar-refractivity contribution in [2.24, 2.45) is 0 Å². The highest BCUT2D eigenvalue weighted by atomic mass is 16.5. The van der Waals surface area contributed by atoms with E-state index in [-0.39, 0.29) is 18.6 Å². The summed E-state index contributed by atoms with van der Waals surface area (Å²) in [4.78, 5) is 18.9. The fourth-order valence-electron chi connectivity index (χ4n) is 3.63. The lowest BCUT2D eigenvalue weighted by molar-refractivity contribution is 0.0704. The third-order valence-corrected chi connectivity index (χ3v) is 5.17.